The Balaban J connectivity index is -0.0000000840. The first-order chi connectivity index (χ1) is 8.17. The van der Waals surface area contributed by atoms with Gasteiger partial charge in [-0.1, -0.05) is 6.92 Å². The van der Waals surface area contributed by atoms with Crippen molar-refractivity contribution in [2.24, 2.45) is 0 Å². The molecule has 0 aliphatic rings. The molecule has 106 valence electrons. The number of pyridine rings is 1. The van der Waals surface area contributed by atoms with Crippen LogP contribution in [0.25, 0.3) is 0 Å². The van der Waals surface area contributed by atoms with Crippen LogP contribution in [0.4, 0.5) is 0 Å². The molecule has 1 rings (SSSR count). The molecule has 0 saturated heterocycles. The zero-order valence-corrected chi connectivity index (χ0v) is 13.4. The minimum atomic E-state index is 0. The van der Waals surface area contributed by atoms with E-state index in [1.807, 2.05) is 25.5 Å². The Hall–Kier alpha value is -0.386. The van der Waals surface area contributed by atoms with Crippen molar-refractivity contribution in [3.8, 4) is 0 Å². The van der Waals surface area contributed by atoms with E-state index in [0.29, 0.717) is 0 Å². The van der Waals surface area contributed by atoms with Gasteiger partial charge in [0.25, 0.3) is 0 Å². The molecule has 4 nitrogen and oxygen atoms in total. The number of nitrogens with zero attached hydrogens (tertiary/aromatic N) is 1. The van der Waals surface area contributed by atoms with E-state index in [-0.39, 0.29) is 41.5 Å². The van der Waals surface area contributed by atoms with E-state index in [0.717, 1.165) is 0 Å². The molecule has 0 unspecified atom stereocenters. The van der Waals surface area contributed by atoms with Crippen LogP contribution in [-0.4, -0.2) is 40.1 Å². The first-order valence-electron chi connectivity index (χ1n) is 5.70. The molecule has 0 spiro atoms. The largest absolute Gasteiger partial charge is 0.397 e. The van der Waals surface area contributed by atoms with Crippen LogP contribution in [0.3, 0.4) is 0 Å². The van der Waals surface area contributed by atoms with Crippen LogP contribution in [0.15, 0.2) is 24.5 Å². The molecule has 5 heteroatoms. The Morgan fingerprint density at radius 1 is 0.944 bits per heavy atom. The molecule has 0 aliphatic carbocycles. The average Bonchev–Trinajstić information content (AvgIpc) is 2.33. The third-order valence-corrected chi connectivity index (χ3v) is 1.04. The SMILES string of the molecule is CCO.CCO.CCO.C[CH-]c1ccncc1.[Ti]. The molecular weight excluding hydrogens is 266 g/mol. The van der Waals surface area contributed by atoms with E-state index in [1.165, 1.54) is 5.56 Å². The number of aliphatic hydroxyl groups is 3. The fraction of sp³-hybridized carbons (Fsp3) is 0.538. The van der Waals surface area contributed by atoms with Crippen molar-refractivity contribution in [3.63, 3.8) is 0 Å². The van der Waals surface area contributed by atoms with Gasteiger partial charge in [-0.25, -0.2) is 0 Å². The van der Waals surface area contributed by atoms with E-state index in [4.69, 9.17) is 15.3 Å². The first kappa shape index (κ1) is 26.2. The molecule has 3 N–H and O–H groups in total. The summed E-state index contributed by atoms with van der Waals surface area (Å²) in [6.45, 7) is 7.80. The summed E-state index contributed by atoms with van der Waals surface area (Å²) in [5.41, 5.74) is 1.22. The second kappa shape index (κ2) is 30.0. The van der Waals surface area contributed by atoms with Crippen LogP contribution in [0.1, 0.15) is 33.3 Å². The monoisotopic (exact) mass is 292 g/mol. The molecule has 0 amide bonds. The van der Waals surface area contributed by atoms with Crippen molar-refractivity contribution < 1.29 is 37.0 Å². The van der Waals surface area contributed by atoms with Crippen LogP contribution in [0, 0.1) is 6.42 Å². The molecular formula is C13H26NO3Ti-. The van der Waals surface area contributed by atoms with E-state index in [1.54, 1.807) is 33.2 Å². The zero-order chi connectivity index (χ0) is 13.9. The third kappa shape index (κ3) is 36.1. The van der Waals surface area contributed by atoms with E-state index in [9.17, 15) is 0 Å². The summed E-state index contributed by atoms with van der Waals surface area (Å²) in [5.74, 6) is 0. The van der Waals surface area contributed by atoms with Crippen molar-refractivity contribution in [1.82, 2.24) is 4.98 Å². The van der Waals surface area contributed by atoms with Crippen LogP contribution in [0.5, 0.6) is 0 Å². The van der Waals surface area contributed by atoms with Gasteiger partial charge in [-0.15, -0.1) is 12.1 Å². The minimum Gasteiger partial charge on any atom is -0.397 e. The van der Waals surface area contributed by atoms with Crippen LogP contribution in [-0.2, 0) is 21.7 Å². The number of hydrogen-bond donors (Lipinski definition) is 3. The molecule has 0 saturated carbocycles. The Bertz CT molecular complexity index is 194. The molecule has 0 atom stereocenters. The van der Waals surface area contributed by atoms with Gasteiger partial charge >= 0.3 is 0 Å². The number of aliphatic hydroxyl groups excluding tert-OH is 3. The first-order valence-corrected chi connectivity index (χ1v) is 5.70. The average molecular weight is 292 g/mol. The Morgan fingerprint density at radius 2 is 1.22 bits per heavy atom. The predicted octanol–water partition coefficient (Wildman–Crippen LogP) is 1.65. The maximum Gasteiger partial charge on any atom is 0.0402 e. The second-order valence-electron chi connectivity index (χ2n) is 2.52. The number of aromatic nitrogens is 1. The van der Waals surface area contributed by atoms with Crippen molar-refractivity contribution in [2.75, 3.05) is 19.8 Å². The smallest absolute Gasteiger partial charge is 0.0402 e. The van der Waals surface area contributed by atoms with E-state index < -0.39 is 0 Å². The standard InChI is InChI=1S/C7H8N.3C2H6O.Ti/c1-2-7-3-5-8-6-4-7;3*1-2-3;/h2-6H,1H3;3*3H,2H2,1H3;/q-1;;;;. The molecule has 0 aromatic carbocycles. The van der Waals surface area contributed by atoms with Gasteiger partial charge in [0.15, 0.2) is 0 Å². The molecule has 1 aromatic heterocycles. The maximum absolute atomic E-state index is 7.57. The van der Waals surface area contributed by atoms with Gasteiger partial charge in [0.05, 0.1) is 0 Å². The van der Waals surface area contributed by atoms with Crippen LogP contribution in [0.2, 0.25) is 0 Å². The summed E-state index contributed by atoms with van der Waals surface area (Å²) in [6.07, 6.45) is 5.62. The molecule has 0 bridgehead atoms. The van der Waals surface area contributed by atoms with E-state index in [2.05, 4.69) is 4.98 Å². The molecule has 0 fully saturated rings. The molecule has 1 aromatic rings. The second-order valence-corrected chi connectivity index (χ2v) is 2.52. The quantitative estimate of drug-likeness (QED) is 0.543. The predicted molar refractivity (Wildman–Crippen MR) is 71.6 cm³/mol. The normalized spacial score (nSPS) is 6.83. The Kier molecular flexibility index (Phi) is 43.8. The molecule has 18 heavy (non-hydrogen) atoms. The van der Waals surface area contributed by atoms with E-state index >= 15 is 0 Å². The van der Waals surface area contributed by atoms with Gasteiger partial charge in [-0.3, -0.25) is 4.98 Å². The summed E-state index contributed by atoms with van der Waals surface area (Å²) < 4.78 is 0. The van der Waals surface area contributed by atoms with Crippen molar-refractivity contribution >= 4 is 0 Å². The Labute approximate surface area is 126 Å². The van der Waals surface area contributed by atoms with Crippen molar-refractivity contribution in [2.45, 2.75) is 27.7 Å². The zero-order valence-electron chi connectivity index (χ0n) is 11.8. The number of hydrogen-bond acceptors (Lipinski definition) is 4. The summed E-state index contributed by atoms with van der Waals surface area (Å²) in [6, 6.07) is 3.94. The van der Waals surface area contributed by atoms with Gasteiger partial charge in [-0.2, -0.15) is 12.0 Å². The van der Waals surface area contributed by atoms with Crippen LogP contribution >= 0.6 is 0 Å². The fourth-order valence-corrected chi connectivity index (χ4v) is 0.556. The van der Waals surface area contributed by atoms with Crippen LogP contribution < -0.4 is 0 Å². The van der Waals surface area contributed by atoms with Gasteiger partial charge < -0.3 is 15.3 Å². The fourth-order valence-electron chi connectivity index (χ4n) is 0.556. The van der Waals surface area contributed by atoms with Crippen molar-refractivity contribution in [1.29, 1.82) is 0 Å². The summed E-state index contributed by atoms with van der Waals surface area (Å²) in [5, 5.41) is 22.7. The molecule has 0 aliphatic heterocycles. The molecule has 1 heterocycles. The van der Waals surface area contributed by atoms with Crippen molar-refractivity contribution in [3.05, 3.63) is 36.5 Å². The maximum atomic E-state index is 7.57. The number of rotatable bonds is 1. The van der Waals surface area contributed by atoms with Gasteiger partial charge in [0, 0.05) is 41.5 Å². The summed E-state index contributed by atoms with van der Waals surface area (Å²) in [4.78, 5) is 3.87. The van der Waals surface area contributed by atoms with Gasteiger partial charge in [0.2, 0.25) is 0 Å². The third-order valence-electron chi connectivity index (χ3n) is 1.04. The van der Waals surface area contributed by atoms with Gasteiger partial charge in [0.1, 0.15) is 0 Å². The summed E-state index contributed by atoms with van der Waals surface area (Å²) in [7, 11) is 0. The molecule has 0 radical (unpaired) electrons. The topological polar surface area (TPSA) is 73.6 Å². The van der Waals surface area contributed by atoms with Gasteiger partial charge in [-0.05, 0) is 33.2 Å². The Morgan fingerprint density at radius 3 is 1.39 bits per heavy atom. The summed E-state index contributed by atoms with van der Waals surface area (Å²) >= 11 is 0. The minimum absolute atomic E-state index is 0.